The van der Waals surface area contributed by atoms with Crippen LogP contribution in [0.25, 0.3) is 60.2 Å². The van der Waals surface area contributed by atoms with E-state index in [9.17, 15) is 0 Å². The van der Waals surface area contributed by atoms with E-state index in [-0.39, 0.29) is 5.41 Å². The first-order valence-electron chi connectivity index (χ1n) is 20.8. The van der Waals surface area contributed by atoms with Crippen molar-refractivity contribution >= 4 is 60.4 Å². The van der Waals surface area contributed by atoms with Crippen molar-refractivity contribution in [3.63, 3.8) is 0 Å². The third-order valence-electron chi connectivity index (χ3n) is 14.7. The molecule has 0 saturated heterocycles. The van der Waals surface area contributed by atoms with Crippen molar-refractivity contribution in [3.05, 3.63) is 181 Å². The summed E-state index contributed by atoms with van der Waals surface area (Å²) in [5, 5.41) is 7.77. The molecule has 8 aromatic carbocycles. The second-order valence-corrected chi connectivity index (χ2v) is 17.4. The quantitative estimate of drug-likeness (QED) is 0.165. The Kier molecular flexibility index (Phi) is 6.37. The molecule has 0 atom stereocenters. The van der Waals surface area contributed by atoms with Gasteiger partial charge < -0.3 is 9.47 Å². The number of aromatic nitrogens is 1. The van der Waals surface area contributed by atoms with E-state index in [1.165, 1.54) is 109 Å². The van der Waals surface area contributed by atoms with Gasteiger partial charge in [-0.1, -0.05) is 103 Å². The standard InChI is InChI=1S/C54H42N2/c1-2-13-42(14-3-1)55(43-22-21-38-30-36-11-4-5-12-37(36)31-39(38)32-43)44-23-24-45-48-17-10-20-52(56-50-18-8-6-15-46(50)47-16-7-9-19-51(47)56)53(48)54(49(45)33-44)40-26-34-25-35(28-40)29-41(54)27-34/h1-24,30-35,40-41H,25-29H2. The van der Waals surface area contributed by atoms with Crippen LogP contribution in [0.5, 0.6) is 0 Å². The van der Waals surface area contributed by atoms with Crippen LogP contribution in [0.4, 0.5) is 17.1 Å². The van der Waals surface area contributed by atoms with E-state index >= 15 is 0 Å². The Balaban J connectivity index is 1.06. The van der Waals surface area contributed by atoms with E-state index in [0.717, 1.165) is 11.8 Å². The second-order valence-electron chi connectivity index (χ2n) is 17.4. The fourth-order valence-corrected chi connectivity index (χ4v) is 12.8. The Morgan fingerprint density at radius 1 is 0.429 bits per heavy atom. The van der Waals surface area contributed by atoms with Crippen LogP contribution in [-0.2, 0) is 5.41 Å². The lowest BCUT2D eigenvalue weighted by atomic mass is 9.43. The Labute approximate surface area is 327 Å². The smallest absolute Gasteiger partial charge is 0.0541 e. The number of anilines is 3. The Morgan fingerprint density at radius 3 is 1.73 bits per heavy atom. The van der Waals surface area contributed by atoms with Gasteiger partial charge in [-0.15, -0.1) is 0 Å². The lowest BCUT2D eigenvalue weighted by Crippen LogP contribution is -2.55. The first-order chi connectivity index (χ1) is 27.7. The average molecular weight is 719 g/mol. The molecule has 2 nitrogen and oxygen atoms in total. The first-order valence-corrected chi connectivity index (χ1v) is 20.8. The minimum Gasteiger partial charge on any atom is -0.310 e. The highest BCUT2D eigenvalue weighted by molar-refractivity contribution is 6.09. The van der Waals surface area contributed by atoms with Gasteiger partial charge >= 0.3 is 0 Å². The third kappa shape index (κ3) is 4.17. The molecule has 14 rings (SSSR count). The summed E-state index contributed by atoms with van der Waals surface area (Å²) < 4.78 is 2.62. The number of hydrogen-bond donors (Lipinski definition) is 0. The van der Waals surface area contributed by atoms with Crippen LogP contribution >= 0.6 is 0 Å². The highest BCUT2D eigenvalue weighted by atomic mass is 15.1. The Bertz CT molecular complexity index is 2980. The minimum absolute atomic E-state index is 0.0260. The molecule has 1 aromatic heterocycles. The molecule has 56 heavy (non-hydrogen) atoms. The van der Waals surface area contributed by atoms with E-state index in [1.807, 2.05) is 0 Å². The lowest BCUT2D eigenvalue weighted by molar-refractivity contribution is -0.0399. The summed E-state index contributed by atoms with van der Waals surface area (Å²) in [6.45, 7) is 0. The summed E-state index contributed by atoms with van der Waals surface area (Å²) in [4.78, 5) is 2.51. The number of para-hydroxylation sites is 3. The van der Waals surface area contributed by atoms with Crippen molar-refractivity contribution < 1.29 is 0 Å². The van der Waals surface area contributed by atoms with Gasteiger partial charge in [0.1, 0.15) is 0 Å². The maximum Gasteiger partial charge on any atom is 0.0541 e. The van der Waals surface area contributed by atoms with Crippen LogP contribution in [0.15, 0.2) is 170 Å². The monoisotopic (exact) mass is 718 g/mol. The fraction of sp³-hybridized carbons (Fsp3) is 0.185. The fourth-order valence-electron chi connectivity index (χ4n) is 12.8. The second kappa shape index (κ2) is 11.5. The highest BCUT2D eigenvalue weighted by Gasteiger charge is 2.62. The van der Waals surface area contributed by atoms with Crippen LogP contribution in [0, 0.1) is 23.7 Å². The molecule has 2 heteroatoms. The molecule has 4 saturated carbocycles. The van der Waals surface area contributed by atoms with Gasteiger partial charge in [0.05, 0.1) is 16.7 Å². The van der Waals surface area contributed by atoms with Gasteiger partial charge in [0.15, 0.2) is 0 Å². The molecule has 0 aliphatic heterocycles. The van der Waals surface area contributed by atoms with Gasteiger partial charge in [-0.2, -0.15) is 0 Å². The predicted molar refractivity (Wildman–Crippen MR) is 234 cm³/mol. The summed E-state index contributed by atoms with van der Waals surface area (Å²) in [5.74, 6) is 3.02. The van der Waals surface area contributed by atoms with Gasteiger partial charge in [-0.3, -0.25) is 0 Å². The van der Waals surface area contributed by atoms with E-state index in [4.69, 9.17) is 0 Å². The van der Waals surface area contributed by atoms with Crippen molar-refractivity contribution in [3.8, 4) is 16.8 Å². The zero-order valence-corrected chi connectivity index (χ0v) is 31.4. The largest absolute Gasteiger partial charge is 0.310 e. The lowest BCUT2D eigenvalue weighted by Gasteiger charge is -2.61. The molecule has 0 unspecified atom stereocenters. The van der Waals surface area contributed by atoms with Crippen LogP contribution < -0.4 is 4.90 Å². The summed E-state index contributed by atoms with van der Waals surface area (Å²) in [6, 6.07) is 64.4. The maximum atomic E-state index is 2.64. The van der Waals surface area contributed by atoms with Crippen molar-refractivity contribution in [2.75, 3.05) is 4.90 Å². The van der Waals surface area contributed by atoms with E-state index < -0.39 is 0 Å². The summed E-state index contributed by atoms with van der Waals surface area (Å²) in [7, 11) is 0. The van der Waals surface area contributed by atoms with Gasteiger partial charge in [-0.25, -0.2) is 0 Å². The molecule has 5 aliphatic carbocycles. The van der Waals surface area contributed by atoms with E-state index in [1.54, 1.807) is 11.1 Å². The number of fused-ring (bicyclic) bond motifs is 8. The van der Waals surface area contributed by atoms with Gasteiger partial charge in [-0.05, 0) is 166 Å². The van der Waals surface area contributed by atoms with Crippen LogP contribution in [0.2, 0.25) is 0 Å². The molecule has 0 amide bonds. The zero-order valence-electron chi connectivity index (χ0n) is 31.4. The minimum atomic E-state index is -0.0260. The summed E-state index contributed by atoms with van der Waals surface area (Å²) in [5.41, 5.74) is 13.6. The maximum absolute atomic E-state index is 2.64. The molecular weight excluding hydrogens is 677 g/mol. The van der Waals surface area contributed by atoms with Crippen molar-refractivity contribution in [1.29, 1.82) is 0 Å². The topological polar surface area (TPSA) is 8.17 Å². The van der Waals surface area contributed by atoms with Crippen molar-refractivity contribution in [2.24, 2.45) is 23.7 Å². The predicted octanol–water partition coefficient (Wildman–Crippen LogP) is 14.3. The van der Waals surface area contributed by atoms with Crippen LogP contribution in [0.3, 0.4) is 0 Å². The summed E-state index contributed by atoms with van der Waals surface area (Å²) in [6.07, 6.45) is 6.82. The Morgan fingerprint density at radius 2 is 1.02 bits per heavy atom. The number of nitrogens with zero attached hydrogens (tertiary/aromatic N) is 2. The van der Waals surface area contributed by atoms with Gasteiger partial charge in [0.2, 0.25) is 0 Å². The normalized spacial score (nSPS) is 23.1. The SMILES string of the molecule is c1ccc(N(c2ccc3c(c2)C2(c4c-3cccc4-n3c4ccccc4c4ccccc43)C3CC4CC(C3)CC2C4)c2ccc3cc4ccccc4cc3c2)cc1. The molecule has 4 bridgehead atoms. The molecule has 4 fully saturated rings. The average Bonchev–Trinajstić information content (AvgIpc) is 3.73. The van der Waals surface area contributed by atoms with Crippen LogP contribution in [0.1, 0.15) is 43.2 Å². The van der Waals surface area contributed by atoms with Gasteiger partial charge in [0.25, 0.3) is 0 Å². The molecule has 1 spiro atoms. The van der Waals surface area contributed by atoms with E-state index in [0.29, 0.717) is 11.8 Å². The molecule has 0 N–H and O–H groups in total. The number of hydrogen-bond acceptors (Lipinski definition) is 1. The van der Waals surface area contributed by atoms with Crippen molar-refractivity contribution in [1.82, 2.24) is 4.57 Å². The highest BCUT2D eigenvalue weighted by Crippen LogP contribution is 2.70. The molecule has 1 heterocycles. The van der Waals surface area contributed by atoms with Gasteiger partial charge in [0, 0.05) is 33.2 Å². The number of benzene rings is 8. The first kappa shape index (κ1) is 31.1. The molecule has 9 aromatic rings. The van der Waals surface area contributed by atoms with Crippen LogP contribution in [-0.4, -0.2) is 4.57 Å². The zero-order chi connectivity index (χ0) is 36.5. The third-order valence-corrected chi connectivity index (χ3v) is 14.7. The van der Waals surface area contributed by atoms with E-state index in [2.05, 4.69) is 179 Å². The van der Waals surface area contributed by atoms with Crippen molar-refractivity contribution in [2.45, 2.75) is 37.5 Å². The molecule has 5 aliphatic rings. The molecular formula is C54H42N2. The summed E-state index contributed by atoms with van der Waals surface area (Å²) >= 11 is 0. The molecule has 268 valence electrons. The Hall–Kier alpha value is -6.12. The number of rotatable bonds is 4. The molecule has 0 radical (unpaired) electrons.